The number of anilines is 1. The van der Waals surface area contributed by atoms with Gasteiger partial charge in [0.25, 0.3) is 5.91 Å². The van der Waals surface area contributed by atoms with Gasteiger partial charge in [0.2, 0.25) is 0 Å². The molecule has 0 spiro atoms. The number of rotatable bonds is 6. The van der Waals surface area contributed by atoms with E-state index < -0.39 is 0 Å². The lowest BCUT2D eigenvalue weighted by Crippen LogP contribution is -2.32. The Bertz CT molecular complexity index is 1380. The van der Waals surface area contributed by atoms with Crippen molar-refractivity contribution >= 4 is 28.3 Å². The average molecular weight is 441 g/mol. The molecule has 0 atom stereocenters. The molecule has 2 aromatic heterocycles. The zero-order chi connectivity index (χ0) is 23.2. The van der Waals surface area contributed by atoms with Gasteiger partial charge >= 0.3 is 0 Å². The lowest BCUT2D eigenvalue weighted by Gasteiger charge is -2.14. The van der Waals surface area contributed by atoms with Crippen molar-refractivity contribution < 1.29 is 14.3 Å². The van der Waals surface area contributed by atoms with E-state index in [9.17, 15) is 4.79 Å². The van der Waals surface area contributed by atoms with Crippen LogP contribution >= 0.6 is 0 Å². The van der Waals surface area contributed by atoms with Crippen molar-refractivity contribution in [2.45, 2.75) is 0 Å². The first kappa shape index (κ1) is 21.8. The van der Waals surface area contributed by atoms with Crippen LogP contribution in [0.3, 0.4) is 0 Å². The summed E-state index contributed by atoms with van der Waals surface area (Å²) in [5.41, 5.74) is 2.02. The summed E-state index contributed by atoms with van der Waals surface area (Å²) >= 11 is 0. The standard InChI is InChI=1S/C25H23N5O3/c1-27-24(16-33-22-12-13-28-21-14-19(32-2)9-10-20(21)22)30-15-17(8-11-23(30)26)25(31)29-18-6-4-3-5-7-18/h3-15,26H,16H2,1-2H3,(H,29,31). The Hall–Kier alpha value is -4.46. The molecule has 1 amide bonds. The second-order valence-corrected chi connectivity index (χ2v) is 7.11. The molecule has 0 radical (unpaired) electrons. The number of carbonyl (C=O) groups is 1. The summed E-state index contributed by atoms with van der Waals surface area (Å²) < 4.78 is 12.8. The van der Waals surface area contributed by atoms with Gasteiger partial charge in [-0.05, 0) is 42.5 Å². The number of hydrogen-bond donors (Lipinski definition) is 2. The summed E-state index contributed by atoms with van der Waals surface area (Å²) in [5, 5.41) is 12.0. The quantitative estimate of drug-likeness (QED) is 0.352. The number of fused-ring (bicyclic) bond motifs is 1. The van der Waals surface area contributed by atoms with E-state index in [-0.39, 0.29) is 18.0 Å². The molecule has 0 saturated carbocycles. The van der Waals surface area contributed by atoms with E-state index in [4.69, 9.17) is 14.9 Å². The number of pyridine rings is 2. The van der Waals surface area contributed by atoms with Gasteiger partial charge in [-0.3, -0.25) is 24.7 Å². The molecule has 0 saturated heterocycles. The van der Waals surface area contributed by atoms with Crippen LogP contribution < -0.4 is 20.3 Å². The van der Waals surface area contributed by atoms with Gasteiger partial charge in [-0.15, -0.1) is 0 Å². The molecule has 0 unspecified atom stereocenters. The number of ether oxygens (including phenoxy) is 2. The Kier molecular flexibility index (Phi) is 6.45. The summed E-state index contributed by atoms with van der Waals surface area (Å²) in [7, 11) is 3.23. The van der Waals surface area contributed by atoms with E-state index in [0.29, 0.717) is 28.6 Å². The summed E-state index contributed by atoms with van der Waals surface area (Å²) in [5.74, 6) is 1.55. The number of nitrogens with zero attached hydrogens (tertiary/aromatic N) is 3. The Labute approximate surface area is 190 Å². The summed E-state index contributed by atoms with van der Waals surface area (Å²) in [6.07, 6.45) is 3.25. The number of amides is 1. The highest BCUT2D eigenvalue weighted by molar-refractivity contribution is 6.04. The van der Waals surface area contributed by atoms with Crippen LogP contribution in [0.2, 0.25) is 0 Å². The molecule has 4 rings (SSSR count). The number of aromatic nitrogens is 2. The molecule has 4 aromatic rings. The van der Waals surface area contributed by atoms with E-state index in [1.807, 2.05) is 48.5 Å². The molecule has 2 aromatic carbocycles. The molecule has 0 aliphatic carbocycles. The Morgan fingerprint density at radius 3 is 2.70 bits per heavy atom. The van der Waals surface area contributed by atoms with Crippen molar-refractivity contribution in [3.63, 3.8) is 0 Å². The minimum Gasteiger partial charge on any atom is -0.497 e. The third-order valence-corrected chi connectivity index (χ3v) is 5.05. The van der Waals surface area contributed by atoms with E-state index in [0.717, 1.165) is 10.9 Å². The van der Waals surface area contributed by atoms with Crippen LogP contribution in [0.1, 0.15) is 10.4 Å². The minimum absolute atomic E-state index is 0.0992. The summed E-state index contributed by atoms with van der Waals surface area (Å²) in [6.45, 7) is 0.0992. The van der Waals surface area contributed by atoms with Crippen LogP contribution in [0, 0.1) is 5.41 Å². The Morgan fingerprint density at radius 2 is 1.94 bits per heavy atom. The molecule has 0 aliphatic heterocycles. The Balaban J connectivity index is 1.56. The molecular weight excluding hydrogens is 418 g/mol. The molecular formula is C25H23N5O3. The van der Waals surface area contributed by atoms with Crippen LogP contribution in [0.4, 0.5) is 5.69 Å². The third-order valence-electron chi connectivity index (χ3n) is 5.05. The van der Waals surface area contributed by atoms with E-state index >= 15 is 0 Å². The van der Waals surface area contributed by atoms with E-state index in [2.05, 4.69) is 15.3 Å². The maximum Gasteiger partial charge on any atom is 0.257 e. The van der Waals surface area contributed by atoms with Crippen molar-refractivity contribution in [3.05, 3.63) is 90.2 Å². The maximum atomic E-state index is 12.7. The number of aliphatic imine (C=N–C) groups is 1. The molecule has 0 bridgehead atoms. The topological polar surface area (TPSA) is 102 Å². The molecule has 2 N–H and O–H groups in total. The van der Waals surface area contributed by atoms with Gasteiger partial charge in [0, 0.05) is 36.6 Å². The first-order valence-electron chi connectivity index (χ1n) is 10.2. The summed E-state index contributed by atoms with van der Waals surface area (Å²) in [4.78, 5) is 21.4. The fourth-order valence-corrected chi connectivity index (χ4v) is 3.31. The van der Waals surface area contributed by atoms with Gasteiger partial charge in [-0.1, -0.05) is 18.2 Å². The van der Waals surface area contributed by atoms with Crippen LogP contribution in [0.15, 0.2) is 84.1 Å². The second-order valence-electron chi connectivity index (χ2n) is 7.11. The van der Waals surface area contributed by atoms with Gasteiger partial charge in [0.15, 0.2) is 0 Å². The summed E-state index contributed by atoms with van der Waals surface area (Å²) in [6, 6.07) is 19.7. The van der Waals surface area contributed by atoms with E-state index in [1.165, 1.54) is 4.57 Å². The smallest absolute Gasteiger partial charge is 0.257 e. The lowest BCUT2D eigenvalue weighted by atomic mass is 10.2. The number of methoxy groups -OCH3 is 1. The number of benzene rings is 2. The minimum atomic E-state index is -0.277. The predicted octanol–water partition coefficient (Wildman–Crippen LogP) is 3.73. The highest BCUT2D eigenvalue weighted by atomic mass is 16.5. The fraction of sp³-hybridized carbons (Fsp3) is 0.120. The van der Waals surface area contributed by atoms with Crippen LogP contribution in [0.25, 0.3) is 10.9 Å². The molecule has 166 valence electrons. The predicted molar refractivity (Wildman–Crippen MR) is 127 cm³/mol. The average Bonchev–Trinajstić information content (AvgIpc) is 2.85. The molecule has 8 heteroatoms. The SMILES string of the molecule is CN=C(COc1ccnc2cc(OC)ccc12)n1cc(C(=O)Nc2ccccc2)ccc1=N. The number of nitrogens with one attached hydrogen (secondary N) is 2. The van der Waals surface area contributed by atoms with Crippen LogP contribution in [0.5, 0.6) is 11.5 Å². The van der Waals surface area contributed by atoms with Crippen molar-refractivity contribution in [3.8, 4) is 11.5 Å². The zero-order valence-electron chi connectivity index (χ0n) is 18.3. The highest BCUT2D eigenvalue weighted by Crippen LogP contribution is 2.27. The molecule has 2 heterocycles. The van der Waals surface area contributed by atoms with Gasteiger partial charge in [0.05, 0.1) is 18.2 Å². The third kappa shape index (κ3) is 4.90. The highest BCUT2D eigenvalue weighted by Gasteiger charge is 2.12. The van der Waals surface area contributed by atoms with Gasteiger partial charge in [-0.2, -0.15) is 0 Å². The first-order chi connectivity index (χ1) is 16.1. The lowest BCUT2D eigenvalue weighted by molar-refractivity contribution is 0.102. The normalized spacial score (nSPS) is 11.3. The van der Waals surface area contributed by atoms with Crippen LogP contribution in [-0.4, -0.2) is 42.1 Å². The van der Waals surface area contributed by atoms with Crippen molar-refractivity contribution in [1.82, 2.24) is 9.55 Å². The molecule has 8 nitrogen and oxygen atoms in total. The second kappa shape index (κ2) is 9.78. The first-order valence-corrected chi connectivity index (χ1v) is 10.2. The molecule has 0 aliphatic rings. The fourth-order valence-electron chi connectivity index (χ4n) is 3.31. The van der Waals surface area contributed by atoms with Gasteiger partial charge in [0.1, 0.15) is 29.4 Å². The van der Waals surface area contributed by atoms with Crippen molar-refractivity contribution in [2.75, 3.05) is 26.1 Å². The van der Waals surface area contributed by atoms with E-state index in [1.54, 1.807) is 44.8 Å². The monoisotopic (exact) mass is 441 g/mol. The van der Waals surface area contributed by atoms with Gasteiger partial charge in [-0.25, -0.2) is 0 Å². The zero-order valence-corrected chi connectivity index (χ0v) is 18.3. The number of carbonyl (C=O) groups excluding carboxylic acids is 1. The molecule has 33 heavy (non-hydrogen) atoms. The maximum absolute atomic E-state index is 12.7. The molecule has 0 fully saturated rings. The van der Waals surface area contributed by atoms with Gasteiger partial charge < -0.3 is 14.8 Å². The number of hydrogen-bond acceptors (Lipinski definition) is 6. The van der Waals surface area contributed by atoms with Crippen molar-refractivity contribution in [1.29, 1.82) is 5.41 Å². The Morgan fingerprint density at radius 1 is 1.12 bits per heavy atom. The van der Waals surface area contributed by atoms with Crippen molar-refractivity contribution in [2.24, 2.45) is 4.99 Å². The van der Waals surface area contributed by atoms with Crippen LogP contribution in [-0.2, 0) is 0 Å². The number of para-hydroxylation sites is 1. The largest absolute Gasteiger partial charge is 0.497 e.